The minimum atomic E-state index is -0.821. The first-order valence-electron chi connectivity index (χ1n) is 5.32. The average Bonchev–Trinajstić information content (AvgIpc) is 2.66. The van der Waals surface area contributed by atoms with E-state index in [1.165, 1.54) is 0 Å². The minimum Gasteiger partial charge on any atom is -0.480 e. The number of hydrogen-bond acceptors (Lipinski definition) is 3. The first kappa shape index (κ1) is 10.2. The van der Waals surface area contributed by atoms with E-state index in [2.05, 4.69) is 5.16 Å². The molecule has 1 aromatic rings. The summed E-state index contributed by atoms with van der Waals surface area (Å²) in [5, 5.41) is 13.1. The van der Waals surface area contributed by atoms with Gasteiger partial charge in [0, 0.05) is 5.56 Å². The number of aromatic nitrogens is 1. The van der Waals surface area contributed by atoms with E-state index in [4.69, 9.17) is 4.52 Å². The summed E-state index contributed by atoms with van der Waals surface area (Å²) in [5.74, 6) is -0.225. The van der Waals surface area contributed by atoms with E-state index in [1.807, 2.05) is 6.92 Å². The van der Waals surface area contributed by atoms with Crippen LogP contribution in [-0.2, 0) is 10.2 Å². The summed E-state index contributed by atoms with van der Waals surface area (Å²) in [7, 11) is 0. The largest absolute Gasteiger partial charge is 0.480 e. The Bertz CT molecular complexity index is 364. The van der Waals surface area contributed by atoms with Gasteiger partial charge in [0.2, 0.25) is 0 Å². The number of nitrogens with zero attached hydrogens (tertiary/aromatic N) is 1. The molecule has 0 atom stereocenters. The molecule has 1 heterocycles. The van der Waals surface area contributed by atoms with Gasteiger partial charge >= 0.3 is 5.97 Å². The standard InChI is InChI=1S/C11H15NO3/c1-8-7-12-15-9(8)11(10(13)14)5-3-2-4-6-11/h7H,2-6H2,1H3,(H,13,14). The lowest BCUT2D eigenvalue weighted by atomic mass is 9.71. The van der Waals surface area contributed by atoms with Crippen LogP contribution in [0.25, 0.3) is 0 Å². The fourth-order valence-electron chi connectivity index (χ4n) is 2.45. The van der Waals surface area contributed by atoms with Crippen molar-refractivity contribution >= 4 is 5.97 Å². The number of carboxylic acid groups (broad SMARTS) is 1. The Morgan fingerprint density at radius 1 is 1.47 bits per heavy atom. The molecule has 4 heteroatoms. The number of hydrogen-bond donors (Lipinski definition) is 1. The van der Waals surface area contributed by atoms with Gasteiger partial charge in [-0.2, -0.15) is 0 Å². The van der Waals surface area contributed by atoms with Crippen molar-refractivity contribution in [3.63, 3.8) is 0 Å². The SMILES string of the molecule is Cc1cnoc1C1(C(=O)O)CCCCC1. The Labute approximate surface area is 88.3 Å². The zero-order valence-corrected chi connectivity index (χ0v) is 8.82. The maximum Gasteiger partial charge on any atom is 0.317 e. The molecule has 0 amide bonds. The first-order valence-corrected chi connectivity index (χ1v) is 5.32. The molecular weight excluding hydrogens is 194 g/mol. The molecular formula is C11H15NO3. The van der Waals surface area contributed by atoms with Gasteiger partial charge in [-0.1, -0.05) is 24.4 Å². The Morgan fingerprint density at radius 3 is 2.60 bits per heavy atom. The second-order valence-electron chi connectivity index (χ2n) is 4.29. The quantitative estimate of drug-likeness (QED) is 0.811. The molecule has 0 saturated heterocycles. The second kappa shape index (κ2) is 3.68. The average molecular weight is 209 g/mol. The molecule has 1 fully saturated rings. The lowest BCUT2D eigenvalue weighted by Crippen LogP contribution is -2.38. The Balaban J connectivity index is 2.42. The maximum absolute atomic E-state index is 11.4. The number of aliphatic carboxylic acids is 1. The molecule has 1 saturated carbocycles. The van der Waals surface area contributed by atoms with Crippen LogP contribution in [0.1, 0.15) is 43.4 Å². The van der Waals surface area contributed by atoms with Gasteiger partial charge in [0.05, 0.1) is 6.20 Å². The van der Waals surface area contributed by atoms with Crippen molar-refractivity contribution in [1.82, 2.24) is 5.16 Å². The zero-order valence-electron chi connectivity index (χ0n) is 8.82. The molecule has 0 aromatic carbocycles. The maximum atomic E-state index is 11.4. The minimum absolute atomic E-state index is 0.551. The van der Waals surface area contributed by atoms with E-state index >= 15 is 0 Å². The lowest BCUT2D eigenvalue weighted by Gasteiger charge is -2.31. The molecule has 4 nitrogen and oxygen atoms in total. The normalized spacial score (nSPS) is 20.1. The molecule has 2 rings (SSSR count). The van der Waals surface area contributed by atoms with Crippen molar-refractivity contribution in [3.05, 3.63) is 17.5 Å². The fourth-order valence-corrected chi connectivity index (χ4v) is 2.45. The summed E-state index contributed by atoms with van der Waals surface area (Å²) in [5.41, 5.74) is 0.0260. The van der Waals surface area contributed by atoms with Crippen LogP contribution in [-0.4, -0.2) is 16.2 Å². The van der Waals surface area contributed by atoms with E-state index in [1.54, 1.807) is 6.20 Å². The molecule has 1 N–H and O–H groups in total. The van der Waals surface area contributed by atoms with Crippen LogP contribution in [0.4, 0.5) is 0 Å². The highest BCUT2D eigenvalue weighted by molar-refractivity contribution is 5.81. The van der Waals surface area contributed by atoms with E-state index in [0.29, 0.717) is 18.6 Å². The highest BCUT2D eigenvalue weighted by atomic mass is 16.5. The Kier molecular flexibility index (Phi) is 2.50. The van der Waals surface area contributed by atoms with Crippen molar-refractivity contribution in [2.75, 3.05) is 0 Å². The van der Waals surface area contributed by atoms with Gasteiger partial charge in [0.25, 0.3) is 0 Å². The molecule has 0 unspecified atom stereocenters. The number of rotatable bonds is 2. The number of aryl methyl sites for hydroxylation is 1. The van der Waals surface area contributed by atoms with Gasteiger partial charge in [-0.25, -0.2) is 0 Å². The second-order valence-corrected chi connectivity index (χ2v) is 4.29. The van der Waals surface area contributed by atoms with Crippen molar-refractivity contribution < 1.29 is 14.4 Å². The smallest absolute Gasteiger partial charge is 0.317 e. The Hall–Kier alpha value is -1.32. The molecule has 0 spiro atoms. The third-order valence-corrected chi connectivity index (χ3v) is 3.30. The van der Waals surface area contributed by atoms with Crippen LogP contribution < -0.4 is 0 Å². The Morgan fingerprint density at radius 2 is 2.13 bits per heavy atom. The topological polar surface area (TPSA) is 63.3 Å². The van der Waals surface area contributed by atoms with Gasteiger partial charge < -0.3 is 9.63 Å². The summed E-state index contributed by atoms with van der Waals surface area (Å²) in [6, 6.07) is 0. The van der Waals surface area contributed by atoms with Gasteiger partial charge in [-0.3, -0.25) is 4.79 Å². The summed E-state index contributed by atoms with van der Waals surface area (Å²) in [6.07, 6.45) is 5.94. The van der Waals surface area contributed by atoms with Gasteiger partial charge in [0.15, 0.2) is 5.76 Å². The van der Waals surface area contributed by atoms with E-state index in [9.17, 15) is 9.90 Å². The van der Waals surface area contributed by atoms with Crippen molar-refractivity contribution in [1.29, 1.82) is 0 Å². The lowest BCUT2D eigenvalue weighted by molar-refractivity contribution is -0.146. The number of carbonyl (C=O) groups is 1. The van der Waals surface area contributed by atoms with Crippen LogP contribution in [0.2, 0.25) is 0 Å². The van der Waals surface area contributed by atoms with Gasteiger partial charge in [-0.05, 0) is 19.8 Å². The molecule has 15 heavy (non-hydrogen) atoms. The highest BCUT2D eigenvalue weighted by Crippen LogP contribution is 2.40. The van der Waals surface area contributed by atoms with Crippen molar-refractivity contribution in [2.45, 2.75) is 44.4 Å². The molecule has 82 valence electrons. The van der Waals surface area contributed by atoms with Crippen LogP contribution in [0, 0.1) is 6.92 Å². The van der Waals surface area contributed by atoms with Crippen LogP contribution >= 0.6 is 0 Å². The van der Waals surface area contributed by atoms with Crippen molar-refractivity contribution in [2.24, 2.45) is 0 Å². The first-order chi connectivity index (χ1) is 7.17. The molecule has 0 bridgehead atoms. The summed E-state index contributed by atoms with van der Waals surface area (Å²) >= 11 is 0. The van der Waals surface area contributed by atoms with Gasteiger partial charge in [0.1, 0.15) is 5.41 Å². The van der Waals surface area contributed by atoms with Gasteiger partial charge in [-0.15, -0.1) is 0 Å². The fraction of sp³-hybridized carbons (Fsp3) is 0.636. The predicted molar refractivity (Wildman–Crippen MR) is 53.6 cm³/mol. The summed E-state index contributed by atoms with van der Waals surface area (Å²) < 4.78 is 5.14. The molecule has 0 aliphatic heterocycles. The van der Waals surface area contributed by atoms with E-state index in [0.717, 1.165) is 24.8 Å². The van der Waals surface area contributed by atoms with E-state index < -0.39 is 11.4 Å². The van der Waals surface area contributed by atoms with Crippen LogP contribution in [0.15, 0.2) is 10.7 Å². The number of carboxylic acids is 1. The summed E-state index contributed by atoms with van der Waals surface area (Å²) in [4.78, 5) is 11.4. The summed E-state index contributed by atoms with van der Waals surface area (Å²) in [6.45, 7) is 1.85. The van der Waals surface area contributed by atoms with Crippen LogP contribution in [0.5, 0.6) is 0 Å². The third-order valence-electron chi connectivity index (χ3n) is 3.30. The van der Waals surface area contributed by atoms with Crippen LogP contribution in [0.3, 0.4) is 0 Å². The third kappa shape index (κ3) is 1.54. The predicted octanol–water partition coefficient (Wildman–Crippen LogP) is 2.27. The van der Waals surface area contributed by atoms with E-state index in [-0.39, 0.29) is 0 Å². The molecule has 0 radical (unpaired) electrons. The monoisotopic (exact) mass is 209 g/mol. The molecule has 1 aliphatic carbocycles. The molecule has 1 aromatic heterocycles. The molecule has 1 aliphatic rings. The highest BCUT2D eigenvalue weighted by Gasteiger charge is 2.45. The van der Waals surface area contributed by atoms with Crippen molar-refractivity contribution in [3.8, 4) is 0 Å². The zero-order chi connectivity index (χ0) is 10.9.